The summed E-state index contributed by atoms with van der Waals surface area (Å²) in [4.78, 5) is 11.8. The Morgan fingerprint density at radius 1 is 1.31 bits per heavy atom. The Kier molecular flexibility index (Phi) is 4.77. The van der Waals surface area contributed by atoms with E-state index in [-0.39, 0.29) is 23.6 Å². The average Bonchev–Trinajstić information content (AvgIpc) is 2.16. The molecule has 0 radical (unpaired) electrons. The summed E-state index contributed by atoms with van der Waals surface area (Å²) in [6.45, 7) is 1.74. The SMILES string of the molecule is CC(CS(C)(=O)=O)NC(=O)C1CCCCC1. The first kappa shape index (κ1) is 13.5. The third kappa shape index (κ3) is 4.96. The second-order valence-electron chi connectivity index (χ2n) is 4.84. The highest BCUT2D eigenvalue weighted by Gasteiger charge is 2.22. The van der Waals surface area contributed by atoms with Crippen LogP contribution in [0.4, 0.5) is 0 Å². The van der Waals surface area contributed by atoms with Crippen molar-refractivity contribution in [1.29, 1.82) is 0 Å². The van der Waals surface area contributed by atoms with E-state index in [9.17, 15) is 13.2 Å². The van der Waals surface area contributed by atoms with E-state index in [4.69, 9.17) is 0 Å². The minimum absolute atomic E-state index is 0.0193. The van der Waals surface area contributed by atoms with Crippen molar-refractivity contribution in [2.24, 2.45) is 5.92 Å². The van der Waals surface area contributed by atoms with Gasteiger partial charge in [-0.25, -0.2) is 8.42 Å². The van der Waals surface area contributed by atoms with Crippen LogP contribution in [-0.2, 0) is 14.6 Å². The maximum Gasteiger partial charge on any atom is 0.223 e. The van der Waals surface area contributed by atoms with E-state index >= 15 is 0 Å². The Balaban J connectivity index is 2.38. The molecule has 0 aromatic carbocycles. The van der Waals surface area contributed by atoms with Crippen LogP contribution in [0, 0.1) is 5.92 Å². The number of carbonyl (C=O) groups is 1. The maximum absolute atomic E-state index is 11.8. The number of hydrogen-bond acceptors (Lipinski definition) is 3. The molecule has 1 unspecified atom stereocenters. The van der Waals surface area contributed by atoms with Gasteiger partial charge in [-0.2, -0.15) is 0 Å². The van der Waals surface area contributed by atoms with Crippen molar-refractivity contribution in [2.75, 3.05) is 12.0 Å². The van der Waals surface area contributed by atoms with E-state index in [1.165, 1.54) is 12.7 Å². The van der Waals surface area contributed by atoms with Crippen LogP contribution < -0.4 is 5.32 Å². The van der Waals surface area contributed by atoms with Gasteiger partial charge in [0.25, 0.3) is 0 Å². The molecule has 1 rings (SSSR count). The highest BCUT2D eigenvalue weighted by atomic mass is 32.2. The molecule has 0 spiro atoms. The summed E-state index contributed by atoms with van der Waals surface area (Å²) >= 11 is 0. The normalized spacial score (nSPS) is 20.4. The first-order valence-corrected chi connectivity index (χ1v) is 7.92. The monoisotopic (exact) mass is 247 g/mol. The molecule has 1 saturated carbocycles. The van der Waals surface area contributed by atoms with Gasteiger partial charge in [-0.15, -0.1) is 0 Å². The van der Waals surface area contributed by atoms with Crippen molar-refractivity contribution in [3.05, 3.63) is 0 Å². The van der Waals surface area contributed by atoms with Crippen LogP contribution in [-0.4, -0.2) is 32.4 Å². The number of hydrogen-bond donors (Lipinski definition) is 1. The van der Waals surface area contributed by atoms with Crippen LogP contribution >= 0.6 is 0 Å². The molecule has 5 heteroatoms. The standard InChI is InChI=1S/C11H21NO3S/c1-9(8-16(2,14)15)12-11(13)10-6-4-3-5-7-10/h9-10H,3-8H2,1-2H3,(H,12,13). The lowest BCUT2D eigenvalue weighted by Gasteiger charge is -2.22. The largest absolute Gasteiger partial charge is 0.352 e. The fourth-order valence-corrected chi connectivity index (χ4v) is 3.21. The molecule has 1 N–H and O–H groups in total. The zero-order chi connectivity index (χ0) is 12.2. The number of rotatable bonds is 4. The Morgan fingerprint density at radius 2 is 1.88 bits per heavy atom. The molecular weight excluding hydrogens is 226 g/mol. The second-order valence-corrected chi connectivity index (χ2v) is 7.02. The summed E-state index contributed by atoms with van der Waals surface area (Å²) < 4.78 is 22.1. The molecule has 1 amide bonds. The van der Waals surface area contributed by atoms with Gasteiger partial charge in [0.05, 0.1) is 5.75 Å². The molecule has 94 valence electrons. The Labute approximate surface area is 97.7 Å². The fraction of sp³-hybridized carbons (Fsp3) is 0.909. The maximum atomic E-state index is 11.8. The highest BCUT2D eigenvalue weighted by molar-refractivity contribution is 7.90. The first-order valence-electron chi connectivity index (χ1n) is 5.86. The van der Waals surface area contributed by atoms with Gasteiger partial charge in [0.1, 0.15) is 9.84 Å². The number of amides is 1. The third-order valence-corrected chi connectivity index (χ3v) is 4.02. The molecule has 1 fully saturated rings. The zero-order valence-corrected chi connectivity index (χ0v) is 10.8. The molecule has 0 saturated heterocycles. The summed E-state index contributed by atoms with van der Waals surface area (Å²) in [5, 5.41) is 2.79. The summed E-state index contributed by atoms with van der Waals surface area (Å²) in [5.41, 5.74) is 0. The lowest BCUT2D eigenvalue weighted by atomic mass is 9.88. The number of sulfone groups is 1. The smallest absolute Gasteiger partial charge is 0.223 e. The van der Waals surface area contributed by atoms with E-state index < -0.39 is 9.84 Å². The molecule has 1 atom stereocenters. The van der Waals surface area contributed by atoms with Gasteiger partial charge in [0.15, 0.2) is 0 Å². The quantitative estimate of drug-likeness (QED) is 0.809. The molecule has 1 aliphatic rings. The molecule has 0 heterocycles. The predicted molar refractivity (Wildman–Crippen MR) is 63.9 cm³/mol. The van der Waals surface area contributed by atoms with Crippen molar-refractivity contribution >= 4 is 15.7 Å². The van der Waals surface area contributed by atoms with E-state index in [0.29, 0.717) is 0 Å². The van der Waals surface area contributed by atoms with Crippen molar-refractivity contribution in [2.45, 2.75) is 45.1 Å². The lowest BCUT2D eigenvalue weighted by molar-refractivity contribution is -0.126. The van der Waals surface area contributed by atoms with Crippen LogP contribution in [0.25, 0.3) is 0 Å². The van der Waals surface area contributed by atoms with E-state index in [1.54, 1.807) is 6.92 Å². The van der Waals surface area contributed by atoms with Crippen molar-refractivity contribution in [1.82, 2.24) is 5.32 Å². The Bertz CT molecular complexity index is 331. The van der Waals surface area contributed by atoms with Gasteiger partial charge in [-0.3, -0.25) is 4.79 Å². The van der Waals surface area contributed by atoms with Crippen molar-refractivity contribution in [3.8, 4) is 0 Å². The van der Waals surface area contributed by atoms with Gasteiger partial charge in [-0.1, -0.05) is 19.3 Å². The number of nitrogens with one attached hydrogen (secondary N) is 1. The van der Waals surface area contributed by atoms with Gasteiger partial charge in [0, 0.05) is 18.2 Å². The molecule has 4 nitrogen and oxygen atoms in total. The van der Waals surface area contributed by atoms with Crippen LogP contribution in [0.2, 0.25) is 0 Å². The number of carbonyl (C=O) groups excluding carboxylic acids is 1. The minimum atomic E-state index is -3.01. The summed E-state index contributed by atoms with van der Waals surface area (Å²) in [7, 11) is -3.01. The van der Waals surface area contributed by atoms with Crippen LogP contribution in [0.15, 0.2) is 0 Å². The average molecular weight is 247 g/mol. The van der Waals surface area contributed by atoms with Gasteiger partial charge in [0.2, 0.25) is 5.91 Å². The minimum Gasteiger partial charge on any atom is -0.352 e. The second kappa shape index (κ2) is 5.66. The van der Waals surface area contributed by atoms with Gasteiger partial charge in [-0.05, 0) is 19.8 Å². The first-order chi connectivity index (χ1) is 7.38. The Morgan fingerprint density at radius 3 is 2.38 bits per heavy atom. The summed E-state index contributed by atoms with van der Waals surface area (Å²) in [5.74, 6) is 0.137. The highest BCUT2D eigenvalue weighted by Crippen LogP contribution is 2.23. The van der Waals surface area contributed by atoms with Crippen LogP contribution in [0.3, 0.4) is 0 Å². The molecule has 16 heavy (non-hydrogen) atoms. The van der Waals surface area contributed by atoms with E-state index in [1.807, 2.05) is 0 Å². The molecule has 0 aromatic heterocycles. The van der Waals surface area contributed by atoms with Crippen molar-refractivity contribution in [3.63, 3.8) is 0 Å². The molecule has 1 aliphatic carbocycles. The van der Waals surface area contributed by atoms with Gasteiger partial charge < -0.3 is 5.32 Å². The summed E-state index contributed by atoms with van der Waals surface area (Å²) in [6, 6.07) is -0.288. The van der Waals surface area contributed by atoms with Crippen LogP contribution in [0.1, 0.15) is 39.0 Å². The fourth-order valence-electron chi connectivity index (χ4n) is 2.22. The predicted octanol–water partition coefficient (Wildman–Crippen LogP) is 1.12. The Hall–Kier alpha value is -0.580. The molecular formula is C11H21NO3S. The van der Waals surface area contributed by atoms with Gasteiger partial charge >= 0.3 is 0 Å². The van der Waals surface area contributed by atoms with Crippen molar-refractivity contribution < 1.29 is 13.2 Å². The zero-order valence-electron chi connectivity index (χ0n) is 10.0. The van der Waals surface area contributed by atoms with E-state index in [0.717, 1.165) is 25.7 Å². The third-order valence-electron chi connectivity index (χ3n) is 2.92. The topological polar surface area (TPSA) is 63.2 Å². The van der Waals surface area contributed by atoms with Crippen LogP contribution in [0.5, 0.6) is 0 Å². The molecule has 0 bridgehead atoms. The molecule has 0 aromatic rings. The van der Waals surface area contributed by atoms with E-state index in [2.05, 4.69) is 5.32 Å². The summed E-state index contributed by atoms with van der Waals surface area (Å²) in [6.07, 6.45) is 6.50. The molecule has 0 aliphatic heterocycles. The lowest BCUT2D eigenvalue weighted by Crippen LogP contribution is -2.41.